The third kappa shape index (κ3) is 1.93. The number of alkyl halides is 2. The summed E-state index contributed by atoms with van der Waals surface area (Å²) in [6.07, 6.45) is -2.97. The third-order valence-corrected chi connectivity index (χ3v) is 1.79. The maximum atomic E-state index is 12.2. The van der Waals surface area contributed by atoms with Crippen molar-refractivity contribution in [3.8, 4) is 5.75 Å². The molecule has 1 aromatic carbocycles. The fraction of sp³-hybridized carbons (Fsp3) is 0.125. The molecule has 3 nitrogen and oxygen atoms in total. The summed E-state index contributed by atoms with van der Waals surface area (Å²) in [5.41, 5.74) is -1.41. The third-order valence-electron chi connectivity index (χ3n) is 1.57. The van der Waals surface area contributed by atoms with Crippen LogP contribution in [0.1, 0.15) is 22.3 Å². The average molecular weight is 223 g/mol. The maximum Gasteiger partial charge on any atom is 0.339 e. The first-order valence-electron chi connectivity index (χ1n) is 3.47. The number of benzene rings is 1. The van der Waals surface area contributed by atoms with Crippen LogP contribution in [0.15, 0.2) is 12.1 Å². The second-order valence-corrected chi connectivity index (χ2v) is 2.93. The normalized spacial score (nSPS) is 10.6. The van der Waals surface area contributed by atoms with Gasteiger partial charge in [0.25, 0.3) is 6.43 Å². The molecule has 6 heteroatoms. The van der Waals surface area contributed by atoms with Crippen molar-refractivity contribution < 1.29 is 23.8 Å². The molecule has 0 spiro atoms. The van der Waals surface area contributed by atoms with Crippen molar-refractivity contribution in [3.63, 3.8) is 0 Å². The number of aromatic hydroxyl groups is 1. The van der Waals surface area contributed by atoms with Gasteiger partial charge in [-0.25, -0.2) is 13.6 Å². The SMILES string of the molecule is O=C(O)c1cc(Cl)cc(C(F)F)c1O. The Labute approximate surface area is 82.5 Å². The number of aromatic carboxylic acids is 1. The van der Waals surface area contributed by atoms with E-state index in [0.717, 1.165) is 12.1 Å². The van der Waals surface area contributed by atoms with Crippen LogP contribution in [0.4, 0.5) is 8.78 Å². The number of carboxylic acids is 1. The van der Waals surface area contributed by atoms with E-state index >= 15 is 0 Å². The van der Waals surface area contributed by atoms with Crippen molar-refractivity contribution in [2.24, 2.45) is 0 Å². The number of phenols is 1. The van der Waals surface area contributed by atoms with Crippen molar-refractivity contribution in [3.05, 3.63) is 28.3 Å². The van der Waals surface area contributed by atoms with E-state index in [-0.39, 0.29) is 5.02 Å². The van der Waals surface area contributed by atoms with Crippen molar-refractivity contribution in [1.29, 1.82) is 0 Å². The lowest BCUT2D eigenvalue weighted by Gasteiger charge is -2.06. The zero-order valence-electron chi connectivity index (χ0n) is 6.67. The van der Waals surface area contributed by atoms with Gasteiger partial charge in [0.15, 0.2) is 0 Å². The summed E-state index contributed by atoms with van der Waals surface area (Å²) in [5.74, 6) is -2.45. The lowest BCUT2D eigenvalue weighted by Crippen LogP contribution is -1.99. The van der Waals surface area contributed by atoms with E-state index in [1.54, 1.807) is 0 Å². The van der Waals surface area contributed by atoms with Gasteiger partial charge in [-0.3, -0.25) is 0 Å². The first-order valence-corrected chi connectivity index (χ1v) is 3.85. The molecule has 0 radical (unpaired) electrons. The van der Waals surface area contributed by atoms with E-state index in [1.165, 1.54) is 0 Å². The molecule has 0 saturated heterocycles. The number of carboxylic acid groups (broad SMARTS) is 1. The minimum absolute atomic E-state index is 0.157. The minimum Gasteiger partial charge on any atom is -0.507 e. The zero-order chi connectivity index (χ0) is 10.9. The molecule has 1 aromatic rings. The molecule has 0 saturated carbocycles. The van der Waals surface area contributed by atoms with Crippen LogP contribution in [0.3, 0.4) is 0 Å². The van der Waals surface area contributed by atoms with Crippen molar-refractivity contribution in [1.82, 2.24) is 0 Å². The van der Waals surface area contributed by atoms with Gasteiger partial charge in [0.05, 0.1) is 5.56 Å². The molecule has 14 heavy (non-hydrogen) atoms. The van der Waals surface area contributed by atoms with Gasteiger partial charge in [-0.05, 0) is 12.1 Å². The maximum absolute atomic E-state index is 12.2. The molecular weight excluding hydrogens is 218 g/mol. The molecule has 76 valence electrons. The second-order valence-electron chi connectivity index (χ2n) is 2.50. The van der Waals surface area contributed by atoms with Crippen molar-refractivity contribution in [2.75, 3.05) is 0 Å². The van der Waals surface area contributed by atoms with Crippen LogP contribution >= 0.6 is 11.6 Å². The summed E-state index contributed by atoms with van der Waals surface area (Å²) in [7, 11) is 0. The molecule has 1 rings (SSSR count). The van der Waals surface area contributed by atoms with Gasteiger partial charge in [-0.15, -0.1) is 0 Å². The van der Waals surface area contributed by atoms with E-state index in [4.69, 9.17) is 21.8 Å². The zero-order valence-corrected chi connectivity index (χ0v) is 7.42. The Kier molecular flexibility index (Phi) is 2.90. The Morgan fingerprint density at radius 2 is 2.00 bits per heavy atom. The van der Waals surface area contributed by atoms with Crippen LogP contribution in [0.25, 0.3) is 0 Å². The minimum atomic E-state index is -2.97. The molecule has 0 aliphatic heterocycles. The van der Waals surface area contributed by atoms with Gasteiger partial charge in [0, 0.05) is 5.02 Å². The average Bonchev–Trinajstić information content (AvgIpc) is 2.07. The van der Waals surface area contributed by atoms with Crippen LogP contribution < -0.4 is 0 Å². The van der Waals surface area contributed by atoms with Crippen LogP contribution in [0.5, 0.6) is 5.75 Å². The molecule has 0 fully saturated rings. The van der Waals surface area contributed by atoms with Crippen LogP contribution in [-0.4, -0.2) is 16.2 Å². The smallest absolute Gasteiger partial charge is 0.339 e. The quantitative estimate of drug-likeness (QED) is 0.809. The molecule has 0 aromatic heterocycles. The molecule has 0 aliphatic rings. The fourth-order valence-electron chi connectivity index (χ4n) is 0.950. The van der Waals surface area contributed by atoms with E-state index < -0.39 is 29.3 Å². The largest absolute Gasteiger partial charge is 0.507 e. The molecule has 0 atom stereocenters. The van der Waals surface area contributed by atoms with Gasteiger partial charge in [0.1, 0.15) is 11.3 Å². The van der Waals surface area contributed by atoms with E-state index in [0.29, 0.717) is 0 Å². The van der Waals surface area contributed by atoms with Gasteiger partial charge < -0.3 is 10.2 Å². The number of hydrogen-bond acceptors (Lipinski definition) is 2. The Bertz CT molecular complexity index is 379. The monoisotopic (exact) mass is 222 g/mol. The first kappa shape index (κ1) is 10.7. The molecular formula is C8H5ClF2O3. The molecule has 0 heterocycles. The van der Waals surface area contributed by atoms with Crippen molar-refractivity contribution >= 4 is 17.6 Å². The lowest BCUT2D eigenvalue weighted by molar-refractivity contribution is 0.0692. The molecule has 0 aliphatic carbocycles. The van der Waals surface area contributed by atoms with Gasteiger partial charge in [-0.2, -0.15) is 0 Å². The van der Waals surface area contributed by atoms with Crippen molar-refractivity contribution in [2.45, 2.75) is 6.43 Å². The van der Waals surface area contributed by atoms with Gasteiger partial charge >= 0.3 is 5.97 Å². The summed E-state index contributed by atoms with van der Waals surface area (Å²) in [6, 6.07) is 1.74. The predicted molar refractivity (Wildman–Crippen MR) is 45.0 cm³/mol. The molecule has 0 bridgehead atoms. The number of hydrogen-bond donors (Lipinski definition) is 2. The van der Waals surface area contributed by atoms with Crippen LogP contribution in [-0.2, 0) is 0 Å². The summed E-state index contributed by atoms with van der Waals surface area (Å²) >= 11 is 5.40. The fourth-order valence-corrected chi connectivity index (χ4v) is 1.18. The van der Waals surface area contributed by atoms with Gasteiger partial charge in [0.2, 0.25) is 0 Å². The highest BCUT2D eigenvalue weighted by atomic mass is 35.5. The summed E-state index contributed by atoms with van der Waals surface area (Å²) in [6.45, 7) is 0. The second kappa shape index (κ2) is 3.79. The topological polar surface area (TPSA) is 57.5 Å². The summed E-state index contributed by atoms with van der Waals surface area (Å²) in [5, 5.41) is 17.5. The van der Waals surface area contributed by atoms with E-state index in [1.807, 2.05) is 0 Å². The Morgan fingerprint density at radius 3 is 2.43 bits per heavy atom. The number of carbonyl (C=O) groups is 1. The van der Waals surface area contributed by atoms with E-state index in [9.17, 15) is 13.6 Å². The van der Waals surface area contributed by atoms with E-state index in [2.05, 4.69) is 0 Å². The molecule has 2 N–H and O–H groups in total. The highest BCUT2D eigenvalue weighted by Crippen LogP contribution is 2.33. The first-order chi connectivity index (χ1) is 6.43. The lowest BCUT2D eigenvalue weighted by atomic mass is 10.1. The Morgan fingerprint density at radius 1 is 1.43 bits per heavy atom. The van der Waals surface area contributed by atoms with Crippen LogP contribution in [0, 0.1) is 0 Å². The predicted octanol–water partition coefficient (Wildman–Crippen LogP) is 2.68. The summed E-state index contributed by atoms with van der Waals surface area (Å²) < 4.78 is 24.5. The highest BCUT2D eigenvalue weighted by molar-refractivity contribution is 6.31. The summed E-state index contributed by atoms with van der Waals surface area (Å²) in [4.78, 5) is 10.5. The molecule has 0 amide bonds. The number of halogens is 3. The Hall–Kier alpha value is -1.36. The molecule has 0 unspecified atom stereocenters. The number of rotatable bonds is 2. The highest BCUT2D eigenvalue weighted by Gasteiger charge is 2.20. The Balaban J connectivity index is 3.40. The van der Waals surface area contributed by atoms with Crippen LogP contribution in [0.2, 0.25) is 5.02 Å². The standard InChI is InChI=1S/C8H5ClF2O3/c9-3-1-4(7(10)11)6(12)5(2-3)8(13)14/h1-2,7,12H,(H,13,14). The van der Waals surface area contributed by atoms with Gasteiger partial charge in [-0.1, -0.05) is 11.6 Å².